The quantitative estimate of drug-likeness (QED) is 0.793. The SMILES string of the molecule is COc1ccc(CNCc2cccc(C)c2OC(F)F)c(OC)c1. The van der Waals surface area contributed by atoms with E-state index in [0.717, 1.165) is 5.56 Å². The fourth-order valence-electron chi connectivity index (χ4n) is 2.44. The first-order valence-electron chi connectivity index (χ1n) is 7.50. The van der Waals surface area contributed by atoms with Crippen molar-refractivity contribution in [1.82, 2.24) is 5.32 Å². The second-order valence-electron chi connectivity index (χ2n) is 5.22. The topological polar surface area (TPSA) is 39.7 Å². The Hall–Kier alpha value is -2.34. The van der Waals surface area contributed by atoms with E-state index < -0.39 is 6.61 Å². The first kappa shape index (κ1) is 18.0. The third-order valence-corrected chi connectivity index (χ3v) is 3.63. The van der Waals surface area contributed by atoms with E-state index in [-0.39, 0.29) is 5.75 Å². The summed E-state index contributed by atoms with van der Waals surface area (Å²) in [5.74, 6) is 1.64. The molecule has 2 aromatic carbocycles. The van der Waals surface area contributed by atoms with Crippen LogP contribution in [0.5, 0.6) is 17.2 Å². The third kappa shape index (κ3) is 4.58. The number of para-hydroxylation sites is 1. The summed E-state index contributed by atoms with van der Waals surface area (Å²) >= 11 is 0. The van der Waals surface area contributed by atoms with E-state index in [9.17, 15) is 8.78 Å². The molecule has 0 heterocycles. The normalized spacial score (nSPS) is 10.8. The Morgan fingerprint density at radius 1 is 1.00 bits per heavy atom. The molecule has 0 aromatic heterocycles. The van der Waals surface area contributed by atoms with Gasteiger partial charge in [0.15, 0.2) is 0 Å². The molecule has 0 atom stereocenters. The second-order valence-corrected chi connectivity index (χ2v) is 5.22. The Kier molecular flexibility index (Phi) is 6.37. The number of ether oxygens (including phenoxy) is 3. The Balaban J connectivity index is 2.06. The molecule has 0 amide bonds. The smallest absolute Gasteiger partial charge is 0.387 e. The fraction of sp³-hybridized carbons (Fsp3) is 0.333. The Morgan fingerprint density at radius 2 is 1.75 bits per heavy atom. The van der Waals surface area contributed by atoms with E-state index in [4.69, 9.17) is 9.47 Å². The molecule has 0 aliphatic carbocycles. The predicted octanol–water partition coefficient (Wildman–Crippen LogP) is 3.90. The number of nitrogens with one attached hydrogen (secondary N) is 1. The van der Waals surface area contributed by atoms with Crippen molar-refractivity contribution in [3.8, 4) is 17.2 Å². The predicted molar refractivity (Wildman–Crippen MR) is 87.9 cm³/mol. The lowest BCUT2D eigenvalue weighted by Gasteiger charge is -2.15. The maximum absolute atomic E-state index is 12.6. The third-order valence-electron chi connectivity index (χ3n) is 3.63. The van der Waals surface area contributed by atoms with Crippen LogP contribution in [0.4, 0.5) is 8.78 Å². The zero-order valence-corrected chi connectivity index (χ0v) is 13.9. The van der Waals surface area contributed by atoms with Crippen molar-refractivity contribution in [3.63, 3.8) is 0 Å². The molecule has 1 N–H and O–H groups in total. The molecule has 0 saturated heterocycles. The summed E-state index contributed by atoms with van der Waals surface area (Å²) in [7, 11) is 3.18. The van der Waals surface area contributed by atoms with Gasteiger partial charge in [-0.1, -0.05) is 24.3 Å². The summed E-state index contributed by atoms with van der Waals surface area (Å²) in [5, 5.41) is 3.23. The van der Waals surface area contributed by atoms with Crippen LogP contribution in [0.25, 0.3) is 0 Å². The first-order chi connectivity index (χ1) is 11.5. The Morgan fingerprint density at radius 3 is 2.42 bits per heavy atom. The van der Waals surface area contributed by atoms with Crippen molar-refractivity contribution >= 4 is 0 Å². The lowest BCUT2D eigenvalue weighted by atomic mass is 10.1. The van der Waals surface area contributed by atoms with Gasteiger partial charge in [-0.15, -0.1) is 0 Å². The van der Waals surface area contributed by atoms with Gasteiger partial charge in [0, 0.05) is 30.3 Å². The van der Waals surface area contributed by atoms with Crippen LogP contribution >= 0.6 is 0 Å². The van der Waals surface area contributed by atoms with Crippen molar-refractivity contribution in [2.45, 2.75) is 26.6 Å². The molecule has 0 saturated carbocycles. The fourth-order valence-corrected chi connectivity index (χ4v) is 2.44. The minimum Gasteiger partial charge on any atom is -0.497 e. The van der Waals surface area contributed by atoms with Gasteiger partial charge < -0.3 is 19.5 Å². The molecule has 24 heavy (non-hydrogen) atoms. The van der Waals surface area contributed by atoms with Crippen molar-refractivity contribution in [1.29, 1.82) is 0 Å². The molecule has 0 radical (unpaired) electrons. The van der Waals surface area contributed by atoms with Gasteiger partial charge in [0.05, 0.1) is 14.2 Å². The first-order valence-corrected chi connectivity index (χ1v) is 7.50. The van der Waals surface area contributed by atoms with Crippen LogP contribution in [0.3, 0.4) is 0 Å². The molecule has 0 bridgehead atoms. The molecule has 0 spiro atoms. The van der Waals surface area contributed by atoms with Gasteiger partial charge in [-0.25, -0.2) is 0 Å². The standard InChI is InChI=1S/C18H21F2NO3/c1-12-5-4-6-14(17(12)24-18(19)20)11-21-10-13-7-8-15(22-2)9-16(13)23-3/h4-9,18,21H,10-11H2,1-3H3. The van der Waals surface area contributed by atoms with Gasteiger partial charge in [0.25, 0.3) is 0 Å². The summed E-state index contributed by atoms with van der Waals surface area (Å²) in [6.45, 7) is -0.173. The molecule has 2 aromatic rings. The highest BCUT2D eigenvalue weighted by molar-refractivity contribution is 5.42. The van der Waals surface area contributed by atoms with E-state index in [1.807, 2.05) is 18.2 Å². The number of methoxy groups -OCH3 is 2. The van der Waals surface area contributed by atoms with Crippen LogP contribution in [0.15, 0.2) is 36.4 Å². The molecule has 0 aliphatic heterocycles. The van der Waals surface area contributed by atoms with E-state index in [1.165, 1.54) is 0 Å². The average Bonchev–Trinajstić information content (AvgIpc) is 2.57. The van der Waals surface area contributed by atoms with E-state index >= 15 is 0 Å². The summed E-state index contributed by atoms with van der Waals surface area (Å²) in [6, 6.07) is 10.9. The number of aryl methyl sites for hydroxylation is 1. The molecular formula is C18H21F2NO3. The minimum atomic E-state index is -2.84. The summed E-state index contributed by atoms with van der Waals surface area (Å²) in [5.41, 5.74) is 2.31. The highest BCUT2D eigenvalue weighted by atomic mass is 19.3. The second kappa shape index (κ2) is 8.49. The molecule has 2 rings (SSSR count). The van der Waals surface area contributed by atoms with E-state index in [0.29, 0.717) is 35.7 Å². The highest BCUT2D eigenvalue weighted by Crippen LogP contribution is 2.27. The largest absolute Gasteiger partial charge is 0.497 e. The maximum atomic E-state index is 12.6. The van der Waals surface area contributed by atoms with Gasteiger partial charge in [-0.3, -0.25) is 0 Å². The Labute approximate surface area is 140 Å². The van der Waals surface area contributed by atoms with Gasteiger partial charge >= 0.3 is 6.61 Å². The van der Waals surface area contributed by atoms with Gasteiger partial charge in [0.1, 0.15) is 17.2 Å². The zero-order valence-electron chi connectivity index (χ0n) is 13.9. The Bertz CT molecular complexity index is 677. The monoisotopic (exact) mass is 337 g/mol. The van der Waals surface area contributed by atoms with Crippen molar-refractivity contribution in [2.75, 3.05) is 14.2 Å². The van der Waals surface area contributed by atoms with Gasteiger partial charge in [-0.05, 0) is 18.6 Å². The van der Waals surface area contributed by atoms with Crippen molar-refractivity contribution in [2.24, 2.45) is 0 Å². The summed E-state index contributed by atoms with van der Waals surface area (Å²) in [4.78, 5) is 0. The number of halogens is 2. The maximum Gasteiger partial charge on any atom is 0.387 e. The van der Waals surface area contributed by atoms with Crippen LogP contribution in [0.2, 0.25) is 0 Å². The lowest BCUT2D eigenvalue weighted by molar-refractivity contribution is -0.0509. The van der Waals surface area contributed by atoms with E-state index in [2.05, 4.69) is 10.1 Å². The lowest BCUT2D eigenvalue weighted by Crippen LogP contribution is -2.15. The van der Waals surface area contributed by atoms with Gasteiger partial charge in [-0.2, -0.15) is 8.78 Å². The molecule has 0 aliphatic rings. The molecule has 6 heteroatoms. The molecular weight excluding hydrogens is 316 g/mol. The molecule has 0 unspecified atom stereocenters. The molecule has 0 fully saturated rings. The van der Waals surface area contributed by atoms with E-state index in [1.54, 1.807) is 39.3 Å². The van der Waals surface area contributed by atoms with Crippen LogP contribution in [0, 0.1) is 6.92 Å². The van der Waals surface area contributed by atoms with Crippen LogP contribution < -0.4 is 19.5 Å². The molecule has 4 nitrogen and oxygen atoms in total. The van der Waals surface area contributed by atoms with Gasteiger partial charge in [0.2, 0.25) is 0 Å². The number of benzene rings is 2. The number of rotatable bonds is 8. The van der Waals surface area contributed by atoms with Crippen LogP contribution in [-0.2, 0) is 13.1 Å². The van der Waals surface area contributed by atoms with Crippen LogP contribution in [-0.4, -0.2) is 20.8 Å². The van der Waals surface area contributed by atoms with Crippen molar-refractivity contribution in [3.05, 3.63) is 53.1 Å². The van der Waals surface area contributed by atoms with Crippen LogP contribution in [0.1, 0.15) is 16.7 Å². The number of hydrogen-bond donors (Lipinski definition) is 1. The molecule has 130 valence electrons. The highest BCUT2D eigenvalue weighted by Gasteiger charge is 2.12. The minimum absolute atomic E-state index is 0.224. The number of hydrogen-bond acceptors (Lipinski definition) is 4. The zero-order chi connectivity index (χ0) is 17.5. The van der Waals surface area contributed by atoms with Crippen molar-refractivity contribution < 1.29 is 23.0 Å². The summed E-state index contributed by atoms with van der Waals surface area (Å²) in [6.07, 6.45) is 0. The summed E-state index contributed by atoms with van der Waals surface area (Å²) < 4.78 is 40.3. The average molecular weight is 337 g/mol. The number of alkyl halides is 2.